The number of nitriles is 1. The molecule has 1 aliphatic rings. The number of hydrogen-bond donors (Lipinski definition) is 2. The van der Waals surface area contributed by atoms with Crippen LogP contribution < -0.4 is 11.5 Å². The Hall–Kier alpha value is -3.20. The van der Waals surface area contributed by atoms with Crippen molar-refractivity contribution in [2.45, 2.75) is 11.8 Å². The summed E-state index contributed by atoms with van der Waals surface area (Å²) in [6, 6.07) is 12.2. The highest BCUT2D eigenvalue weighted by Gasteiger charge is 2.34. The second-order valence-electron chi connectivity index (χ2n) is 5.02. The number of hydrogen-bond acceptors (Lipinski definition) is 6. The third-order valence-electron chi connectivity index (χ3n) is 3.57. The van der Waals surface area contributed by atoms with Crippen molar-refractivity contribution in [3.8, 4) is 6.07 Å². The lowest BCUT2D eigenvalue weighted by atomic mass is 9.79. The summed E-state index contributed by atoms with van der Waals surface area (Å²) >= 11 is 0. The highest BCUT2D eigenvalue weighted by atomic mass is 15.1. The molecule has 0 radical (unpaired) electrons. The Morgan fingerprint density at radius 2 is 1.73 bits per heavy atom. The molecule has 0 amide bonds. The van der Waals surface area contributed by atoms with E-state index in [-0.39, 0.29) is 17.7 Å². The largest absolute Gasteiger partial charge is 0.368 e. The van der Waals surface area contributed by atoms with E-state index >= 15 is 0 Å². The number of rotatable bonds is 2. The van der Waals surface area contributed by atoms with E-state index in [2.05, 4.69) is 21.0 Å². The number of nitrogens with two attached hydrogens (primary N) is 2. The number of nitrogens with zero attached hydrogens (tertiary/aromatic N) is 4. The van der Waals surface area contributed by atoms with Crippen molar-refractivity contribution in [2.24, 2.45) is 0 Å². The molecule has 1 heterocycles. The maximum atomic E-state index is 9.62. The second kappa shape index (κ2) is 5.30. The summed E-state index contributed by atoms with van der Waals surface area (Å²) in [6.07, 6.45) is 6.14. The summed E-state index contributed by atoms with van der Waals surface area (Å²) in [7, 11) is 0. The van der Waals surface area contributed by atoms with Gasteiger partial charge in [-0.1, -0.05) is 48.6 Å². The molecule has 22 heavy (non-hydrogen) atoms. The molecular weight excluding hydrogens is 276 g/mol. The standard InChI is InChI=1S/C16H14N6/c17-10-16(13-20-14(18)22-15(19)21-13)8-6-12(7-9-16)11-4-2-1-3-5-11/h1-8H,9H2,(H4,18,19,20,21,22). The maximum absolute atomic E-state index is 9.62. The zero-order chi connectivity index (χ0) is 15.6. The van der Waals surface area contributed by atoms with Gasteiger partial charge in [-0.15, -0.1) is 0 Å². The van der Waals surface area contributed by atoms with E-state index in [0.29, 0.717) is 6.42 Å². The molecule has 1 aromatic heterocycles. The Kier molecular flexibility index (Phi) is 3.31. The fourth-order valence-corrected chi connectivity index (χ4v) is 2.39. The fourth-order valence-electron chi connectivity index (χ4n) is 2.39. The molecular formula is C16H14N6. The van der Waals surface area contributed by atoms with E-state index in [1.165, 1.54) is 0 Å². The third kappa shape index (κ3) is 2.40. The summed E-state index contributed by atoms with van der Waals surface area (Å²) in [5.74, 6) is 0.311. The van der Waals surface area contributed by atoms with Crippen molar-refractivity contribution in [1.82, 2.24) is 15.0 Å². The molecule has 3 rings (SSSR count). The molecule has 0 fully saturated rings. The van der Waals surface area contributed by atoms with Crippen LogP contribution in [0.15, 0.2) is 48.6 Å². The Morgan fingerprint density at radius 3 is 2.27 bits per heavy atom. The van der Waals surface area contributed by atoms with E-state index in [0.717, 1.165) is 11.1 Å². The first-order chi connectivity index (χ1) is 10.6. The summed E-state index contributed by atoms with van der Waals surface area (Å²) < 4.78 is 0. The van der Waals surface area contributed by atoms with Crippen LogP contribution in [-0.2, 0) is 5.41 Å². The number of aromatic nitrogens is 3. The number of nitrogen functional groups attached to an aromatic ring is 2. The highest BCUT2D eigenvalue weighted by Crippen LogP contribution is 2.34. The van der Waals surface area contributed by atoms with Crippen LogP contribution in [0.1, 0.15) is 17.8 Å². The van der Waals surface area contributed by atoms with E-state index in [9.17, 15) is 5.26 Å². The predicted octanol–water partition coefficient (Wildman–Crippen LogP) is 1.84. The van der Waals surface area contributed by atoms with Crippen LogP contribution in [0.25, 0.3) is 5.57 Å². The molecule has 1 aromatic carbocycles. The van der Waals surface area contributed by atoms with Crippen molar-refractivity contribution >= 4 is 17.5 Å². The molecule has 0 saturated carbocycles. The monoisotopic (exact) mass is 290 g/mol. The van der Waals surface area contributed by atoms with Gasteiger partial charge in [0, 0.05) is 0 Å². The van der Waals surface area contributed by atoms with Crippen LogP contribution in [0.2, 0.25) is 0 Å². The first-order valence-corrected chi connectivity index (χ1v) is 6.76. The summed E-state index contributed by atoms with van der Waals surface area (Å²) in [5.41, 5.74) is 12.4. The first kappa shape index (κ1) is 13.8. The van der Waals surface area contributed by atoms with Gasteiger partial charge in [0.15, 0.2) is 5.82 Å². The average molecular weight is 290 g/mol. The Morgan fingerprint density at radius 1 is 1.05 bits per heavy atom. The number of allylic oxidation sites excluding steroid dienone is 4. The van der Waals surface area contributed by atoms with E-state index in [1.54, 1.807) is 6.08 Å². The Balaban J connectivity index is 1.97. The highest BCUT2D eigenvalue weighted by molar-refractivity contribution is 5.76. The first-order valence-electron chi connectivity index (χ1n) is 6.76. The molecule has 6 heteroatoms. The molecule has 108 valence electrons. The average Bonchev–Trinajstić information content (AvgIpc) is 2.55. The molecule has 0 spiro atoms. The summed E-state index contributed by atoms with van der Waals surface area (Å²) in [6.45, 7) is 0. The molecule has 2 aromatic rings. The van der Waals surface area contributed by atoms with Crippen LogP contribution in [0, 0.1) is 11.3 Å². The SMILES string of the molecule is N#CC1(c2nc(N)nc(N)n2)C=CC(c2ccccc2)=CC1. The summed E-state index contributed by atoms with van der Waals surface area (Å²) in [5, 5.41) is 9.62. The lowest BCUT2D eigenvalue weighted by Gasteiger charge is -2.23. The zero-order valence-corrected chi connectivity index (χ0v) is 11.8. The van der Waals surface area contributed by atoms with Gasteiger partial charge in [-0.3, -0.25) is 0 Å². The minimum Gasteiger partial charge on any atom is -0.368 e. The maximum Gasteiger partial charge on any atom is 0.225 e. The van der Waals surface area contributed by atoms with Crippen LogP contribution in [0.3, 0.4) is 0 Å². The van der Waals surface area contributed by atoms with Gasteiger partial charge >= 0.3 is 0 Å². The van der Waals surface area contributed by atoms with Crippen LogP contribution in [0.5, 0.6) is 0 Å². The van der Waals surface area contributed by atoms with Gasteiger partial charge < -0.3 is 11.5 Å². The minimum atomic E-state index is -0.969. The molecule has 1 unspecified atom stereocenters. The van der Waals surface area contributed by atoms with Gasteiger partial charge in [0.05, 0.1) is 6.07 Å². The van der Waals surface area contributed by atoms with Crippen LogP contribution in [-0.4, -0.2) is 15.0 Å². The Labute approximate surface area is 127 Å². The van der Waals surface area contributed by atoms with Crippen molar-refractivity contribution in [3.05, 3.63) is 59.9 Å². The van der Waals surface area contributed by atoms with Crippen molar-refractivity contribution in [2.75, 3.05) is 11.5 Å². The van der Waals surface area contributed by atoms with E-state index in [4.69, 9.17) is 11.5 Å². The van der Waals surface area contributed by atoms with Gasteiger partial charge in [0.1, 0.15) is 5.41 Å². The van der Waals surface area contributed by atoms with E-state index < -0.39 is 5.41 Å². The molecule has 0 bridgehead atoms. The molecule has 6 nitrogen and oxygen atoms in total. The molecule has 1 atom stereocenters. The number of benzene rings is 1. The van der Waals surface area contributed by atoms with Gasteiger partial charge in [-0.2, -0.15) is 20.2 Å². The molecule has 1 aliphatic carbocycles. The summed E-state index contributed by atoms with van der Waals surface area (Å²) in [4.78, 5) is 11.9. The Bertz CT molecular complexity index is 783. The van der Waals surface area contributed by atoms with Crippen molar-refractivity contribution in [3.63, 3.8) is 0 Å². The number of anilines is 2. The van der Waals surface area contributed by atoms with Crippen LogP contribution >= 0.6 is 0 Å². The van der Waals surface area contributed by atoms with Crippen molar-refractivity contribution < 1.29 is 0 Å². The molecule has 4 N–H and O–H groups in total. The van der Waals surface area contributed by atoms with E-state index in [1.807, 2.05) is 42.5 Å². The molecule has 0 aliphatic heterocycles. The minimum absolute atomic E-state index is 0.0170. The van der Waals surface area contributed by atoms with Crippen LogP contribution in [0.4, 0.5) is 11.9 Å². The zero-order valence-electron chi connectivity index (χ0n) is 11.8. The topological polar surface area (TPSA) is 114 Å². The lowest BCUT2D eigenvalue weighted by molar-refractivity contribution is 0.635. The second-order valence-corrected chi connectivity index (χ2v) is 5.02. The van der Waals surface area contributed by atoms with Crippen molar-refractivity contribution in [1.29, 1.82) is 5.26 Å². The predicted molar refractivity (Wildman–Crippen MR) is 84.1 cm³/mol. The smallest absolute Gasteiger partial charge is 0.225 e. The van der Waals surface area contributed by atoms with Gasteiger partial charge in [-0.05, 0) is 17.6 Å². The molecule has 0 saturated heterocycles. The fraction of sp³-hybridized carbons (Fsp3) is 0.125. The van der Waals surface area contributed by atoms with Gasteiger partial charge in [-0.25, -0.2) is 0 Å². The third-order valence-corrected chi connectivity index (χ3v) is 3.57. The van der Waals surface area contributed by atoms with Gasteiger partial charge in [0.2, 0.25) is 11.9 Å². The van der Waals surface area contributed by atoms with Gasteiger partial charge in [0.25, 0.3) is 0 Å². The quantitative estimate of drug-likeness (QED) is 0.872. The normalized spacial score (nSPS) is 20.2. The lowest BCUT2D eigenvalue weighted by Crippen LogP contribution is -2.27.